The molecule has 1 aromatic carbocycles. The number of benzene rings is 1. The topological polar surface area (TPSA) is 39.2 Å². The third-order valence-electron chi connectivity index (χ3n) is 2.78. The highest BCUT2D eigenvalue weighted by Gasteiger charge is 2.30. The number of aromatic nitrogens is 1. The van der Waals surface area contributed by atoms with Crippen molar-refractivity contribution in [2.24, 2.45) is 0 Å². The first-order valence-electron chi connectivity index (χ1n) is 6.75. The largest absolute Gasteiger partial charge is 0.461 e. The minimum atomic E-state index is -4.33. The number of halogens is 3. The Morgan fingerprint density at radius 2 is 2.13 bits per heavy atom. The van der Waals surface area contributed by atoms with Crippen LogP contribution in [-0.2, 0) is 22.4 Å². The van der Waals surface area contributed by atoms with E-state index in [1.54, 1.807) is 18.4 Å². The molecule has 23 heavy (non-hydrogen) atoms. The van der Waals surface area contributed by atoms with Gasteiger partial charge in [-0.3, -0.25) is 0 Å². The summed E-state index contributed by atoms with van der Waals surface area (Å²) < 4.78 is 42.8. The van der Waals surface area contributed by atoms with Gasteiger partial charge in [-0.1, -0.05) is 18.2 Å². The van der Waals surface area contributed by atoms with Crippen molar-refractivity contribution in [1.82, 2.24) is 4.98 Å². The fourth-order valence-electron chi connectivity index (χ4n) is 1.77. The van der Waals surface area contributed by atoms with E-state index in [0.717, 1.165) is 17.1 Å². The molecular weight excluding hydrogens is 347 g/mol. The van der Waals surface area contributed by atoms with Crippen LogP contribution < -0.4 is 0 Å². The quantitative estimate of drug-likeness (QED) is 0.695. The molecule has 0 spiro atoms. The first-order chi connectivity index (χ1) is 10.9. The molecule has 0 N–H and O–H groups in total. The third kappa shape index (κ3) is 5.24. The van der Waals surface area contributed by atoms with Crippen LogP contribution in [0.4, 0.5) is 13.2 Å². The van der Waals surface area contributed by atoms with Gasteiger partial charge in [-0.2, -0.15) is 13.2 Å². The Morgan fingerprint density at radius 3 is 2.83 bits per heavy atom. The monoisotopic (exact) mass is 361 g/mol. The number of hydrogen-bond acceptors (Lipinski definition) is 5. The molecule has 0 unspecified atom stereocenters. The lowest BCUT2D eigenvalue weighted by Gasteiger charge is -2.08. The molecule has 3 nitrogen and oxygen atoms in total. The minimum Gasteiger partial charge on any atom is -0.461 e. The van der Waals surface area contributed by atoms with Crippen molar-refractivity contribution >= 4 is 29.1 Å². The maximum absolute atomic E-state index is 12.6. The summed E-state index contributed by atoms with van der Waals surface area (Å²) in [7, 11) is 0. The fourth-order valence-corrected chi connectivity index (χ4v) is 3.60. The third-order valence-corrected chi connectivity index (χ3v) is 4.83. The van der Waals surface area contributed by atoms with Crippen LogP contribution in [0.5, 0.6) is 0 Å². The lowest BCUT2D eigenvalue weighted by Crippen LogP contribution is -2.05. The summed E-state index contributed by atoms with van der Waals surface area (Å²) in [5.74, 6) is 0.510. The van der Waals surface area contributed by atoms with Crippen LogP contribution in [0, 0.1) is 0 Å². The van der Waals surface area contributed by atoms with E-state index in [-0.39, 0.29) is 12.3 Å². The number of ether oxygens (including phenoxy) is 1. The molecule has 8 heteroatoms. The van der Waals surface area contributed by atoms with E-state index in [4.69, 9.17) is 4.74 Å². The molecule has 0 atom stereocenters. The number of carbonyl (C=O) groups excluding carboxylic acids is 1. The van der Waals surface area contributed by atoms with E-state index in [0.29, 0.717) is 17.1 Å². The molecule has 0 saturated carbocycles. The SMILES string of the molecule is CCOC(=O)c1csc(CSCc2cccc(C(F)(F)F)c2)n1. The Bertz CT molecular complexity index is 671. The zero-order valence-electron chi connectivity index (χ0n) is 12.2. The van der Waals surface area contributed by atoms with Gasteiger partial charge in [0.1, 0.15) is 5.01 Å². The average Bonchev–Trinajstić information content (AvgIpc) is 2.96. The number of carbonyl (C=O) groups is 1. The summed E-state index contributed by atoms with van der Waals surface area (Å²) in [6, 6.07) is 5.27. The maximum atomic E-state index is 12.6. The van der Waals surface area contributed by atoms with E-state index < -0.39 is 17.7 Å². The predicted molar refractivity (Wildman–Crippen MR) is 84.5 cm³/mol. The van der Waals surface area contributed by atoms with Crippen molar-refractivity contribution in [2.75, 3.05) is 6.61 Å². The molecule has 0 aliphatic heterocycles. The average molecular weight is 361 g/mol. The van der Waals surface area contributed by atoms with Gasteiger partial charge in [-0.05, 0) is 18.6 Å². The van der Waals surface area contributed by atoms with E-state index in [1.165, 1.54) is 29.2 Å². The van der Waals surface area contributed by atoms with Crippen LogP contribution in [0.1, 0.15) is 33.5 Å². The van der Waals surface area contributed by atoms with Gasteiger partial charge in [0.05, 0.1) is 12.2 Å². The fraction of sp³-hybridized carbons (Fsp3) is 0.333. The molecule has 0 bridgehead atoms. The second kappa shape index (κ2) is 7.83. The van der Waals surface area contributed by atoms with Crippen molar-refractivity contribution in [1.29, 1.82) is 0 Å². The van der Waals surface area contributed by atoms with Crippen LogP contribution in [0.15, 0.2) is 29.6 Å². The van der Waals surface area contributed by atoms with Crippen LogP contribution in [0.2, 0.25) is 0 Å². The lowest BCUT2D eigenvalue weighted by molar-refractivity contribution is -0.137. The Kier molecular flexibility index (Phi) is 6.06. The molecule has 0 saturated heterocycles. The Labute approximate surface area is 139 Å². The van der Waals surface area contributed by atoms with Crippen LogP contribution in [0.25, 0.3) is 0 Å². The van der Waals surface area contributed by atoms with Gasteiger partial charge in [0, 0.05) is 16.9 Å². The summed E-state index contributed by atoms with van der Waals surface area (Å²) in [5, 5.41) is 2.36. The number of nitrogens with zero attached hydrogens (tertiary/aromatic N) is 1. The van der Waals surface area contributed by atoms with Crippen molar-refractivity contribution in [3.05, 3.63) is 51.5 Å². The highest BCUT2D eigenvalue weighted by Crippen LogP contribution is 2.30. The molecule has 0 fully saturated rings. The zero-order chi connectivity index (χ0) is 16.9. The Hall–Kier alpha value is -1.54. The van der Waals surface area contributed by atoms with E-state index in [2.05, 4.69) is 4.98 Å². The van der Waals surface area contributed by atoms with Gasteiger partial charge in [-0.25, -0.2) is 9.78 Å². The van der Waals surface area contributed by atoms with Gasteiger partial charge < -0.3 is 4.74 Å². The number of alkyl halides is 3. The molecule has 0 amide bonds. The highest BCUT2D eigenvalue weighted by atomic mass is 32.2. The van der Waals surface area contributed by atoms with Gasteiger partial charge in [-0.15, -0.1) is 23.1 Å². The van der Waals surface area contributed by atoms with Crippen LogP contribution >= 0.6 is 23.1 Å². The number of thioether (sulfide) groups is 1. The van der Waals surface area contributed by atoms with Crippen molar-refractivity contribution in [3.63, 3.8) is 0 Å². The lowest BCUT2D eigenvalue weighted by atomic mass is 10.1. The molecule has 0 aliphatic carbocycles. The minimum absolute atomic E-state index is 0.270. The maximum Gasteiger partial charge on any atom is 0.416 e. The number of hydrogen-bond donors (Lipinski definition) is 0. The number of esters is 1. The van der Waals surface area contributed by atoms with Crippen molar-refractivity contribution in [2.45, 2.75) is 24.6 Å². The molecule has 1 heterocycles. The summed E-state index contributed by atoms with van der Waals surface area (Å²) in [5.41, 5.74) is 0.230. The van der Waals surface area contributed by atoms with Gasteiger partial charge in [0.25, 0.3) is 0 Å². The van der Waals surface area contributed by atoms with Gasteiger partial charge in [0.15, 0.2) is 5.69 Å². The summed E-state index contributed by atoms with van der Waals surface area (Å²) in [6.45, 7) is 2.01. The van der Waals surface area contributed by atoms with E-state index in [9.17, 15) is 18.0 Å². The predicted octanol–water partition coefficient (Wildman–Crippen LogP) is 4.77. The first kappa shape index (κ1) is 17.8. The first-order valence-corrected chi connectivity index (χ1v) is 8.79. The van der Waals surface area contributed by atoms with Gasteiger partial charge >= 0.3 is 12.1 Å². The zero-order valence-corrected chi connectivity index (χ0v) is 13.9. The van der Waals surface area contributed by atoms with E-state index >= 15 is 0 Å². The number of thiazole rings is 1. The summed E-state index contributed by atoms with van der Waals surface area (Å²) in [4.78, 5) is 15.7. The number of rotatable bonds is 6. The molecule has 1 aromatic heterocycles. The smallest absolute Gasteiger partial charge is 0.416 e. The normalized spacial score (nSPS) is 11.5. The van der Waals surface area contributed by atoms with Gasteiger partial charge in [0.2, 0.25) is 0 Å². The van der Waals surface area contributed by atoms with Crippen molar-refractivity contribution < 1.29 is 22.7 Å². The van der Waals surface area contributed by atoms with Crippen LogP contribution in [0.3, 0.4) is 0 Å². The Morgan fingerprint density at radius 1 is 1.35 bits per heavy atom. The molecular formula is C15H14F3NO2S2. The molecule has 124 valence electrons. The summed E-state index contributed by atoms with van der Waals surface area (Å²) >= 11 is 2.78. The van der Waals surface area contributed by atoms with Crippen molar-refractivity contribution in [3.8, 4) is 0 Å². The van der Waals surface area contributed by atoms with Crippen LogP contribution in [-0.4, -0.2) is 17.6 Å². The Balaban J connectivity index is 1.89. The molecule has 0 radical (unpaired) electrons. The second-order valence-corrected chi connectivity index (χ2v) is 6.47. The second-order valence-electron chi connectivity index (χ2n) is 4.54. The molecule has 0 aliphatic rings. The molecule has 2 rings (SSSR count). The molecule has 2 aromatic rings. The highest BCUT2D eigenvalue weighted by molar-refractivity contribution is 7.97. The standard InChI is InChI=1S/C15H14F3NO2S2/c1-2-21-14(20)12-8-23-13(19-12)9-22-7-10-4-3-5-11(6-10)15(16,17)18/h3-6,8H,2,7,9H2,1H3. The van der Waals surface area contributed by atoms with E-state index in [1.807, 2.05) is 0 Å². The summed E-state index contributed by atoms with van der Waals surface area (Å²) in [6.07, 6.45) is -4.33.